The molecule has 3 N–H and O–H groups in total. The number of hydrogen-bond acceptors (Lipinski definition) is 16. The molecule has 0 unspecified atom stereocenters. The lowest BCUT2D eigenvalue weighted by molar-refractivity contribution is -0.156. The molecule has 3 aromatic carbocycles. The number of rotatable bonds is 37. The highest BCUT2D eigenvalue weighted by Gasteiger charge is 2.39. The average Bonchev–Trinajstić information content (AvgIpc) is 3.44. The maximum Gasteiger partial charge on any atom is 0.407 e. The minimum absolute atomic E-state index is 0.0828. The molecule has 3 amide bonds. The molecule has 0 aliphatic heterocycles. The summed E-state index contributed by atoms with van der Waals surface area (Å²) in [6, 6.07) is 31.1. The lowest BCUT2D eigenvalue weighted by Crippen LogP contribution is -2.53. The highest BCUT2D eigenvalue weighted by molar-refractivity contribution is 5.88. The zero-order chi connectivity index (χ0) is 59.0. The van der Waals surface area contributed by atoms with E-state index in [2.05, 4.69) is 21.0 Å². The normalized spacial score (nSPS) is 13.5. The molecule has 0 fully saturated rings. The number of amides is 3. The predicted molar refractivity (Wildman–Crippen MR) is 306 cm³/mol. The summed E-state index contributed by atoms with van der Waals surface area (Å²) in [6.07, 6.45) is 0.00234. The third-order valence-electron chi connectivity index (χ3n) is 13.2. The number of hydrogen-bond donors (Lipinski definition) is 3. The van der Waals surface area contributed by atoms with Gasteiger partial charge < -0.3 is 48.5 Å². The van der Waals surface area contributed by atoms with Crippen molar-refractivity contribution >= 4 is 35.6 Å². The van der Waals surface area contributed by atoms with Gasteiger partial charge in [-0.1, -0.05) is 139 Å². The van der Waals surface area contributed by atoms with Crippen molar-refractivity contribution in [3.8, 4) is 11.3 Å². The summed E-state index contributed by atoms with van der Waals surface area (Å²) in [5.74, 6) is -4.65. The van der Waals surface area contributed by atoms with Crippen molar-refractivity contribution in [1.82, 2.24) is 26.1 Å². The summed E-state index contributed by atoms with van der Waals surface area (Å²) in [4.78, 5) is 87.9. The highest BCUT2D eigenvalue weighted by atomic mass is 16.6. The van der Waals surface area contributed by atoms with E-state index in [0.717, 1.165) is 27.9 Å². The van der Waals surface area contributed by atoms with Crippen molar-refractivity contribution < 1.29 is 66.7 Å². The smallest absolute Gasteiger partial charge is 0.407 e. The molecule has 0 bridgehead atoms. The van der Waals surface area contributed by atoms with Gasteiger partial charge in [-0.3, -0.25) is 34.4 Å². The van der Waals surface area contributed by atoms with E-state index in [1.807, 2.05) is 145 Å². The molecule has 0 saturated heterocycles. The van der Waals surface area contributed by atoms with Gasteiger partial charge in [0.2, 0.25) is 11.8 Å². The monoisotopic (exact) mass is 1130 g/mol. The minimum atomic E-state index is -1.13. The maximum atomic E-state index is 14.9. The van der Waals surface area contributed by atoms with Crippen molar-refractivity contribution in [3.05, 3.63) is 126 Å². The van der Waals surface area contributed by atoms with Crippen LogP contribution in [0.25, 0.3) is 11.3 Å². The summed E-state index contributed by atoms with van der Waals surface area (Å²) in [6.45, 7) is 15.5. The molecule has 5 atom stereocenters. The second-order valence-electron chi connectivity index (χ2n) is 21.9. The van der Waals surface area contributed by atoms with Gasteiger partial charge in [-0.05, 0) is 52.5 Å². The molecule has 444 valence electrons. The zero-order valence-electron chi connectivity index (χ0n) is 48.9. The largest absolute Gasteiger partial charge is 0.469 e. The van der Waals surface area contributed by atoms with Crippen LogP contribution in [-0.2, 0) is 81.3 Å². The van der Waals surface area contributed by atoms with Crippen molar-refractivity contribution in [2.24, 2.45) is 28.6 Å². The number of pyridine rings is 1. The van der Waals surface area contributed by atoms with Crippen LogP contribution < -0.4 is 16.1 Å². The van der Waals surface area contributed by atoms with Gasteiger partial charge in [0, 0.05) is 43.7 Å². The molecule has 4 rings (SSSR count). The van der Waals surface area contributed by atoms with E-state index >= 15 is 0 Å². The average molecular weight is 1130 g/mol. The Morgan fingerprint density at radius 2 is 1.15 bits per heavy atom. The SMILES string of the molecule is COCCOCCOCCOCCOCCOC(=O)N[C@H](C(=O)C[C@@H](Cc1ccccc1)[C@H](CN(Cc1ccc(-c2ccccn2)cc1)NC(=O)[C@@H](CC(=O)OC)C(C)(C)C)OC(=O)CNC(=O)[C@@H](C)Cc1ccccc1)C(C)(C)C. The van der Waals surface area contributed by atoms with Crippen LogP contribution in [0.4, 0.5) is 4.79 Å². The van der Waals surface area contributed by atoms with E-state index < -0.39 is 71.2 Å². The molecule has 19 heteroatoms. The molecule has 1 heterocycles. The van der Waals surface area contributed by atoms with Gasteiger partial charge in [0.25, 0.3) is 0 Å². The number of aromatic nitrogens is 1. The number of nitrogens with zero attached hydrogens (tertiary/aromatic N) is 2. The van der Waals surface area contributed by atoms with Crippen LogP contribution in [0.5, 0.6) is 0 Å². The number of alkyl carbamates (subject to hydrolysis) is 1. The van der Waals surface area contributed by atoms with Crippen molar-refractivity contribution in [3.63, 3.8) is 0 Å². The molecule has 81 heavy (non-hydrogen) atoms. The van der Waals surface area contributed by atoms with Crippen LogP contribution in [0, 0.1) is 28.6 Å². The summed E-state index contributed by atoms with van der Waals surface area (Å²) >= 11 is 0. The van der Waals surface area contributed by atoms with Crippen molar-refractivity contribution in [2.75, 3.05) is 93.4 Å². The summed E-state index contributed by atoms with van der Waals surface area (Å²) in [5.41, 5.74) is 5.73. The molecule has 0 saturated carbocycles. The lowest BCUT2D eigenvalue weighted by atomic mass is 9.78. The third-order valence-corrected chi connectivity index (χ3v) is 13.2. The minimum Gasteiger partial charge on any atom is -0.469 e. The molecule has 0 aliphatic rings. The number of hydrazine groups is 1. The first-order valence-corrected chi connectivity index (χ1v) is 27.7. The van der Waals surface area contributed by atoms with Gasteiger partial charge in [-0.25, -0.2) is 9.80 Å². The van der Waals surface area contributed by atoms with Crippen molar-refractivity contribution in [1.29, 1.82) is 0 Å². The number of ether oxygens (including phenoxy) is 8. The Balaban J connectivity index is 1.61. The number of esters is 2. The van der Waals surface area contributed by atoms with Crippen LogP contribution in [-0.4, -0.2) is 151 Å². The number of methoxy groups -OCH3 is 2. The van der Waals surface area contributed by atoms with Crippen LogP contribution in [0.2, 0.25) is 0 Å². The predicted octanol–water partition coefficient (Wildman–Crippen LogP) is 7.39. The molecular formula is C62H87N5O14. The molecule has 4 aromatic rings. The van der Waals surface area contributed by atoms with E-state index in [0.29, 0.717) is 52.7 Å². The fraction of sp³-hybridized carbons (Fsp3) is 0.532. The maximum absolute atomic E-state index is 14.9. The number of Topliss-reactive ketones (excluding diaryl/α,β-unsaturated/α-hetero) is 1. The topological polar surface area (TPSA) is 228 Å². The fourth-order valence-corrected chi connectivity index (χ4v) is 8.73. The lowest BCUT2D eigenvalue weighted by Gasteiger charge is -2.36. The Kier molecular flexibility index (Phi) is 29.7. The van der Waals surface area contributed by atoms with Gasteiger partial charge in [-0.2, -0.15) is 0 Å². The fourth-order valence-electron chi connectivity index (χ4n) is 8.73. The first kappa shape index (κ1) is 66.9. The highest BCUT2D eigenvalue weighted by Crippen LogP contribution is 2.31. The number of carbonyl (C=O) groups is 6. The zero-order valence-corrected chi connectivity index (χ0v) is 48.9. The van der Waals surface area contributed by atoms with Gasteiger partial charge >= 0.3 is 18.0 Å². The van der Waals surface area contributed by atoms with E-state index in [4.69, 9.17) is 37.9 Å². The quantitative estimate of drug-likeness (QED) is 0.0173. The number of nitrogens with one attached hydrogen (secondary N) is 3. The second kappa shape index (κ2) is 36.0. The van der Waals surface area contributed by atoms with E-state index in [1.165, 1.54) is 7.11 Å². The molecule has 1 aromatic heterocycles. The Hall–Kier alpha value is -6.61. The third kappa shape index (κ3) is 26.2. The first-order chi connectivity index (χ1) is 38.8. The van der Waals surface area contributed by atoms with Crippen LogP contribution in [0.15, 0.2) is 109 Å². The second-order valence-corrected chi connectivity index (χ2v) is 21.9. The van der Waals surface area contributed by atoms with E-state index in [9.17, 15) is 28.8 Å². The molecule has 0 spiro atoms. The van der Waals surface area contributed by atoms with Crippen LogP contribution in [0.1, 0.15) is 78.0 Å². The van der Waals surface area contributed by atoms with E-state index in [1.54, 1.807) is 25.2 Å². The number of benzene rings is 3. The Morgan fingerprint density at radius 1 is 0.593 bits per heavy atom. The summed E-state index contributed by atoms with van der Waals surface area (Å²) in [5, 5.41) is 7.16. The van der Waals surface area contributed by atoms with Gasteiger partial charge in [-0.15, -0.1) is 0 Å². The summed E-state index contributed by atoms with van der Waals surface area (Å²) in [7, 11) is 2.88. The first-order valence-electron chi connectivity index (χ1n) is 27.7. The van der Waals surface area contributed by atoms with Gasteiger partial charge in [0.05, 0.1) is 97.2 Å². The molecule has 0 radical (unpaired) electrons. The standard InChI is InChI=1S/C62H87N5O14/c1-45(38-46-18-12-10-13-19-46)58(71)64-42-56(70)81-54(44-67(66-59(72)51(61(2,3)4)41-55(69)75-9)43-48-23-25-49(26-24-48)52-22-16-17-27-63-52)50(39-47-20-14-11-15-21-47)40-53(68)57(62(5,6)7)65-60(73)80-37-36-79-35-34-78-33-32-77-31-30-76-29-28-74-8/h10-27,45,50-51,54,57H,28-44H2,1-9H3,(H,64,71)(H,65,73)(H,66,72)/t45-,50+,51+,54-,57+/m0/s1. The Morgan fingerprint density at radius 3 is 1.68 bits per heavy atom. The van der Waals surface area contributed by atoms with Crippen LogP contribution in [0.3, 0.4) is 0 Å². The number of carbonyl (C=O) groups excluding carboxylic acids is 6. The van der Waals surface area contributed by atoms with Gasteiger partial charge in [0.15, 0.2) is 5.78 Å². The number of ketones is 1. The van der Waals surface area contributed by atoms with E-state index in [-0.39, 0.29) is 63.9 Å². The Bertz CT molecular complexity index is 2470. The van der Waals surface area contributed by atoms with Crippen molar-refractivity contribution in [2.45, 2.75) is 92.8 Å². The Labute approximate surface area is 478 Å². The molecular weight excluding hydrogens is 1040 g/mol. The summed E-state index contributed by atoms with van der Waals surface area (Å²) < 4.78 is 43.8. The molecule has 0 aliphatic carbocycles. The van der Waals surface area contributed by atoms with Gasteiger partial charge in [0.1, 0.15) is 19.3 Å². The van der Waals surface area contributed by atoms with Crippen LogP contribution >= 0.6 is 0 Å². The molecule has 19 nitrogen and oxygen atoms in total.